The van der Waals surface area contributed by atoms with E-state index in [4.69, 9.17) is 9.47 Å². The summed E-state index contributed by atoms with van der Waals surface area (Å²) in [5.74, 6) is 3.36. The molecule has 12 atom stereocenters. The summed E-state index contributed by atoms with van der Waals surface area (Å²) in [5, 5.41) is 10.3. The van der Waals surface area contributed by atoms with Crippen LogP contribution in [-0.2, 0) is 14.3 Å². The molecule has 4 aliphatic carbocycles. The number of rotatable bonds is 0. The number of hydrogen-bond donors (Lipinski definition) is 1. The van der Waals surface area contributed by atoms with Crippen molar-refractivity contribution in [3.8, 4) is 0 Å². The number of ether oxygens (including phenoxy) is 2. The maximum Gasteiger partial charge on any atom is 0.171 e. The minimum absolute atomic E-state index is 0.0512. The van der Waals surface area contributed by atoms with Crippen LogP contribution in [0, 0.1) is 52.3 Å². The largest absolute Gasteiger partial charge is 0.393 e. The fraction of sp³-hybridized carbons (Fsp3) is 0.963. The van der Waals surface area contributed by atoms with Gasteiger partial charge < -0.3 is 14.6 Å². The zero-order valence-electron chi connectivity index (χ0n) is 19.9. The van der Waals surface area contributed by atoms with E-state index in [-0.39, 0.29) is 29.0 Å². The summed E-state index contributed by atoms with van der Waals surface area (Å²) in [5.41, 5.74) is 0.143. The molecular weight excluding hydrogens is 388 g/mol. The van der Waals surface area contributed by atoms with Crippen LogP contribution < -0.4 is 0 Å². The summed E-state index contributed by atoms with van der Waals surface area (Å²) in [6.45, 7) is 10.2. The number of ketones is 1. The molecule has 0 aromatic carbocycles. The van der Waals surface area contributed by atoms with Gasteiger partial charge in [0.15, 0.2) is 5.79 Å². The summed E-state index contributed by atoms with van der Waals surface area (Å²) in [6.07, 6.45) is 9.26. The number of aliphatic hydroxyl groups excluding tert-OH is 1. The first-order chi connectivity index (χ1) is 14.7. The first-order valence-electron chi connectivity index (χ1n) is 13.2. The average Bonchev–Trinajstić information content (AvgIpc) is 3.15. The Morgan fingerprint density at radius 1 is 1.00 bits per heavy atom. The Hall–Kier alpha value is -0.450. The average molecular weight is 431 g/mol. The lowest BCUT2D eigenvalue weighted by Gasteiger charge is -2.60. The lowest BCUT2D eigenvalue weighted by atomic mass is 9.44. The first-order valence-corrected chi connectivity index (χ1v) is 13.2. The van der Waals surface area contributed by atoms with Crippen LogP contribution in [0.4, 0.5) is 0 Å². The van der Waals surface area contributed by atoms with Gasteiger partial charge in [0.1, 0.15) is 5.78 Å². The second kappa shape index (κ2) is 6.79. The number of hydrogen-bond acceptors (Lipinski definition) is 4. The van der Waals surface area contributed by atoms with E-state index in [2.05, 4.69) is 27.7 Å². The third-order valence-electron chi connectivity index (χ3n) is 11.6. The van der Waals surface area contributed by atoms with Gasteiger partial charge >= 0.3 is 0 Å². The molecule has 0 aromatic heterocycles. The molecule has 4 heteroatoms. The van der Waals surface area contributed by atoms with Crippen molar-refractivity contribution in [3.05, 3.63) is 0 Å². The molecule has 0 radical (unpaired) electrons. The molecule has 1 N–H and O–H groups in total. The fourth-order valence-electron chi connectivity index (χ4n) is 10.1. The van der Waals surface area contributed by atoms with E-state index in [0.29, 0.717) is 41.3 Å². The third kappa shape index (κ3) is 2.74. The van der Waals surface area contributed by atoms with Crippen molar-refractivity contribution in [2.24, 2.45) is 52.3 Å². The lowest BCUT2D eigenvalue weighted by Crippen LogP contribution is -2.58. The predicted molar refractivity (Wildman–Crippen MR) is 118 cm³/mol. The Morgan fingerprint density at radius 3 is 2.55 bits per heavy atom. The van der Waals surface area contributed by atoms with Crippen molar-refractivity contribution >= 4 is 5.78 Å². The van der Waals surface area contributed by atoms with E-state index in [1.165, 1.54) is 12.8 Å². The Morgan fingerprint density at radius 2 is 1.81 bits per heavy atom. The van der Waals surface area contributed by atoms with E-state index in [0.717, 1.165) is 51.6 Å². The molecule has 31 heavy (non-hydrogen) atoms. The van der Waals surface area contributed by atoms with Gasteiger partial charge in [0.05, 0.1) is 18.8 Å². The minimum atomic E-state index is -0.404. The molecule has 0 bridgehead atoms. The highest BCUT2D eigenvalue weighted by atomic mass is 16.7. The summed E-state index contributed by atoms with van der Waals surface area (Å²) < 4.78 is 13.2. The number of fused-ring (bicyclic) bond motifs is 7. The maximum atomic E-state index is 13.9. The summed E-state index contributed by atoms with van der Waals surface area (Å²) in [6, 6.07) is 0. The molecule has 2 aliphatic heterocycles. The van der Waals surface area contributed by atoms with Crippen molar-refractivity contribution in [3.63, 3.8) is 0 Å². The van der Waals surface area contributed by atoms with Gasteiger partial charge in [-0.1, -0.05) is 27.7 Å². The number of carbonyl (C=O) groups is 1. The molecular formula is C27H42O4. The fourth-order valence-corrected chi connectivity index (χ4v) is 10.1. The Kier molecular flexibility index (Phi) is 4.62. The van der Waals surface area contributed by atoms with Gasteiger partial charge in [-0.15, -0.1) is 0 Å². The molecule has 6 fully saturated rings. The highest BCUT2D eigenvalue weighted by Gasteiger charge is 2.70. The van der Waals surface area contributed by atoms with Crippen LogP contribution in [0.3, 0.4) is 0 Å². The normalized spacial score (nSPS) is 60.9. The second-order valence-electron chi connectivity index (χ2n) is 13.1. The highest BCUT2D eigenvalue weighted by molar-refractivity contribution is 5.84. The minimum Gasteiger partial charge on any atom is -0.393 e. The van der Waals surface area contributed by atoms with E-state index < -0.39 is 5.79 Å². The SMILES string of the molecule is C[C@@H]1CC[C@@]2(OC1)O[C@H]1C[C@H]3[C@@H]4CC[C@H]5C[C@@H](O)CC[C@]5(C)[C@H]4C(=O)C[C@]3(C)[C@H]1[C@@H]2C. The molecule has 1 spiro atoms. The molecule has 4 nitrogen and oxygen atoms in total. The van der Waals surface area contributed by atoms with Gasteiger partial charge in [-0.3, -0.25) is 4.79 Å². The molecule has 2 saturated heterocycles. The van der Waals surface area contributed by atoms with Gasteiger partial charge in [0, 0.05) is 24.7 Å². The van der Waals surface area contributed by atoms with Crippen LogP contribution in [-0.4, -0.2) is 35.5 Å². The highest BCUT2D eigenvalue weighted by Crippen LogP contribution is 2.70. The summed E-state index contributed by atoms with van der Waals surface area (Å²) in [4.78, 5) is 13.9. The van der Waals surface area contributed by atoms with Crippen LogP contribution in [0.5, 0.6) is 0 Å². The van der Waals surface area contributed by atoms with Crippen LogP contribution in [0.1, 0.15) is 85.5 Å². The molecule has 2 heterocycles. The third-order valence-corrected chi connectivity index (χ3v) is 11.6. The van der Waals surface area contributed by atoms with Crippen molar-refractivity contribution in [2.45, 2.75) is 103 Å². The molecule has 6 rings (SSSR count). The zero-order valence-corrected chi connectivity index (χ0v) is 19.9. The van der Waals surface area contributed by atoms with E-state index in [1.807, 2.05) is 0 Å². The van der Waals surface area contributed by atoms with Crippen LogP contribution >= 0.6 is 0 Å². The molecule has 0 unspecified atom stereocenters. The van der Waals surface area contributed by atoms with Gasteiger partial charge in [-0.2, -0.15) is 0 Å². The second-order valence-corrected chi connectivity index (χ2v) is 13.1. The maximum absolute atomic E-state index is 13.9. The Bertz CT molecular complexity index is 756. The van der Waals surface area contributed by atoms with Gasteiger partial charge in [-0.25, -0.2) is 0 Å². The topological polar surface area (TPSA) is 55.8 Å². The zero-order chi connectivity index (χ0) is 21.8. The number of carbonyl (C=O) groups excluding carboxylic acids is 1. The van der Waals surface area contributed by atoms with E-state index in [1.54, 1.807) is 0 Å². The van der Waals surface area contributed by atoms with Gasteiger partial charge in [-0.05, 0) is 85.4 Å². The molecule has 0 aromatic rings. The molecule has 6 aliphatic rings. The molecule has 4 saturated carbocycles. The predicted octanol–water partition coefficient (Wildman–Crippen LogP) is 4.97. The summed E-state index contributed by atoms with van der Waals surface area (Å²) >= 11 is 0. The van der Waals surface area contributed by atoms with Gasteiger partial charge in [0.25, 0.3) is 0 Å². The van der Waals surface area contributed by atoms with Crippen molar-refractivity contribution in [2.75, 3.05) is 6.61 Å². The first kappa shape index (κ1) is 21.1. The standard InChI is InChI=1S/C27H42O4/c1-15-7-10-27(30-14-15)16(2)23-22(31-27)12-20-19-6-5-17-11-18(28)8-9-25(17,3)24(19)21(29)13-26(20,23)4/h15-20,22-24,28H,5-14H2,1-4H3/t15-,16+,17+,18+,19+,20+,22+,23+,24-,25+,26+,27-/m1/s1. The van der Waals surface area contributed by atoms with Crippen LogP contribution in [0.2, 0.25) is 0 Å². The Balaban J connectivity index is 1.30. The van der Waals surface area contributed by atoms with E-state index >= 15 is 0 Å². The van der Waals surface area contributed by atoms with Crippen LogP contribution in [0.15, 0.2) is 0 Å². The Labute approximate surface area is 187 Å². The monoisotopic (exact) mass is 430 g/mol. The van der Waals surface area contributed by atoms with Crippen molar-refractivity contribution in [1.82, 2.24) is 0 Å². The molecule has 174 valence electrons. The van der Waals surface area contributed by atoms with Gasteiger partial charge in [0.2, 0.25) is 0 Å². The lowest BCUT2D eigenvalue weighted by molar-refractivity contribution is -0.272. The van der Waals surface area contributed by atoms with Crippen LogP contribution in [0.25, 0.3) is 0 Å². The van der Waals surface area contributed by atoms with Crippen molar-refractivity contribution in [1.29, 1.82) is 0 Å². The summed E-state index contributed by atoms with van der Waals surface area (Å²) in [7, 11) is 0. The van der Waals surface area contributed by atoms with E-state index in [9.17, 15) is 9.90 Å². The smallest absolute Gasteiger partial charge is 0.171 e. The van der Waals surface area contributed by atoms with Crippen molar-refractivity contribution < 1.29 is 19.4 Å². The quantitative estimate of drug-likeness (QED) is 0.589. The molecule has 0 amide bonds. The number of aliphatic hydroxyl groups is 1. The number of Topliss-reactive ketones (excluding diaryl/α,β-unsaturated/α-hetero) is 1.